The lowest BCUT2D eigenvalue weighted by Gasteiger charge is -1.96. The minimum Gasteiger partial charge on any atom is -0.418 e. The Morgan fingerprint density at radius 1 is 1.13 bits per heavy atom. The Labute approximate surface area is 84.4 Å². The summed E-state index contributed by atoms with van der Waals surface area (Å²) < 4.78 is 39.0. The summed E-state index contributed by atoms with van der Waals surface area (Å²) in [5.74, 6) is -0.0411. The van der Waals surface area contributed by atoms with Gasteiger partial charge in [-0.1, -0.05) is 18.2 Å². The first-order valence-electron chi connectivity index (χ1n) is 3.99. The highest BCUT2D eigenvalue weighted by Crippen LogP contribution is 2.06. The predicted octanol–water partition coefficient (Wildman–Crippen LogP) is 2.35. The third kappa shape index (κ3) is 8.80. The van der Waals surface area contributed by atoms with Gasteiger partial charge in [0.05, 0.1) is 0 Å². The molecule has 1 rings (SSSR count). The number of halogens is 4. The van der Waals surface area contributed by atoms with E-state index in [-0.39, 0.29) is 5.91 Å². The Hall–Kier alpha value is -1.53. The Morgan fingerprint density at radius 2 is 1.53 bits per heavy atom. The lowest BCUT2D eigenvalue weighted by molar-refractivity contribution is 0.0963. The molecule has 0 aliphatic rings. The second kappa shape index (κ2) is 6.05. The summed E-state index contributed by atoms with van der Waals surface area (Å²) in [5, 5.41) is 2.54. The van der Waals surface area contributed by atoms with Crippen molar-refractivity contribution in [3.63, 3.8) is 0 Å². The van der Waals surface area contributed by atoms with E-state index >= 15 is 0 Å². The molecular formula is C8H9BF4NO-. The van der Waals surface area contributed by atoms with Crippen LogP contribution < -0.4 is 5.32 Å². The van der Waals surface area contributed by atoms with Gasteiger partial charge in [-0.2, -0.15) is 0 Å². The predicted molar refractivity (Wildman–Crippen MR) is 50.0 cm³/mol. The van der Waals surface area contributed by atoms with Gasteiger partial charge in [0, 0.05) is 12.6 Å². The molecule has 84 valence electrons. The fourth-order valence-corrected chi connectivity index (χ4v) is 0.734. The summed E-state index contributed by atoms with van der Waals surface area (Å²) in [6, 6.07) is 9.11. The van der Waals surface area contributed by atoms with Crippen molar-refractivity contribution < 1.29 is 22.1 Å². The number of rotatable bonds is 1. The number of benzene rings is 1. The Kier molecular flexibility index (Phi) is 5.44. The second-order valence-corrected chi connectivity index (χ2v) is 2.44. The Bertz CT molecular complexity index is 295. The van der Waals surface area contributed by atoms with Gasteiger partial charge in [-0.25, -0.2) is 0 Å². The van der Waals surface area contributed by atoms with Crippen LogP contribution in [0.15, 0.2) is 30.3 Å². The molecule has 15 heavy (non-hydrogen) atoms. The van der Waals surface area contributed by atoms with E-state index in [1.54, 1.807) is 19.2 Å². The fourth-order valence-electron chi connectivity index (χ4n) is 0.734. The molecule has 1 N–H and O–H groups in total. The van der Waals surface area contributed by atoms with Crippen LogP contribution in [0.2, 0.25) is 0 Å². The number of carbonyl (C=O) groups excluding carboxylic acids is 1. The molecule has 0 aliphatic carbocycles. The molecule has 1 amide bonds. The van der Waals surface area contributed by atoms with Crippen LogP contribution in [0, 0.1) is 0 Å². The van der Waals surface area contributed by atoms with Crippen molar-refractivity contribution in [3.8, 4) is 0 Å². The van der Waals surface area contributed by atoms with Crippen molar-refractivity contribution in [1.82, 2.24) is 5.32 Å². The van der Waals surface area contributed by atoms with Crippen LogP contribution in [-0.2, 0) is 0 Å². The van der Waals surface area contributed by atoms with Crippen molar-refractivity contribution >= 4 is 13.2 Å². The van der Waals surface area contributed by atoms with Gasteiger partial charge < -0.3 is 22.6 Å². The minimum absolute atomic E-state index is 0.0411. The molecule has 0 saturated carbocycles. The quantitative estimate of drug-likeness (QED) is 0.573. The van der Waals surface area contributed by atoms with Gasteiger partial charge in [0.25, 0.3) is 5.91 Å². The van der Waals surface area contributed by atoms with Crippen LogP contribution in [0.1, 0.15) is 10.4 Å². The van der Waals surface area contributed by atoms with Crippen LogP contribution in [0.3, 0.4) is 0 Å². The highest BCUT2D eigenvalue weighted by molar-refractivity contribution is 6.50. The molecule has 0 spiro atoms. The van der Waals surface area contributed by atoms with Crippen LogP contribution >= 0.6 is 0 Å². The summed E-state index contributed by atoms with van der Waals surface area (Å²) in [6.07, 6.45) is 0. The van der Waals surface area contributed by atoms with Crippen molar-refractivity contribution in [2.75, 3.05) is 7.05 Å². The minimum atomic E-state index is -6.00. The van der Waals surface area contributed by atoms with Gasteiger partial charge in [0.2, 0.25) is 0 Å². The smallest absolute Gasteiger partial charge is 0.418 e. The first-order valence-corrected chi connectivity index (χ1v) is 3.99. The van der Waals surface area contributed by atoms with Crippen LogP contribution in [0.4, 0.5) is 17.3 Å². The van der Waals surface area contributed by atoms with Crippen molar-refractivity contribution in [3.05, 3.63) is 35.9 Å². The van der Waals surface area contributed by atoms with Crippen molar-refractivity contribution in [2.24, 2.45) is 0 Å². The van der Waals surface area contributed by atoms with Gasteiger partial charge in [0.15, 0.2) is 0 Å². The topological polar surface area (TPSA) is 29.1 Å². The molecule has 0 saturated heterocycles. The fraction of sp³-hybridized carbons (Fsp3) is 0.125. The second-order valence-electron chi connectivity index (χ2n) is 2.44. The standard InChI is InChI=1S/C8H9NO.BF4/c1-9-8(10)7-5-3-2-4-6-7;2-1(3,4)5/h2-6H,1H3,(H,9,10);/q;-1. The zero-order valence-electron chi connectivity index (χ0n) is 7.88. The van der Waals surface area contributed by atoms with E-state index in [0.29, 0.717) is 5.56 Å². The number of amides is 1. The number of hydrogen-bond acceptors (Lipinski definition) is 1. The molecule has 0 radical (unpaired) electrons. The molecule has 0 aliphatic heterocycles. The number of hydrogen-bond donors (Lipinski definition) is 1. The van der Waals surface area contributed by atoms with Gasteiger partial charge in [-0.15, -0.1) is 0 Å². The summed E-state index contributed by atoms with van der Waals surface area (Å²) in [5.41, 5.74) is 0.699. The molecule has 0 heterocycles. The first-order chi connectivity index (χ1) is 6.84. The summed E-state index contributed by atoms with van der Waals surface area (Å²) in [7, 11) is -4.38. The highest BCUT2D eigenvalue weighted by atomic mass is 19.5. The normalized spacial score (nSPS) is 9.93. The van der Waals surface area contributed by atoms with E-state index in [1.165, 1.54) is 0 Å². The maximum absolute atomic E-state index is 10.9. The zero-order chi connectivity index (χ0) is 11.9. The molecule has 0 unspecified atom stereocenters. The van der Waals surface area contributed by atoms with Crippen LogP contribution in [0.25, 0.3) is 0 Å². The van der Waals surface area contributed by atoms with E-state index in [0.717, 1.165) is 0 Å². The third-order valence-corrected chi connectivity index (χ3v) is 1.26. The average Bonchev–Trinajstić information content (AvgIpc) is 2.15. The van der Waals surface area contributed by atoms with E-state index in [9.17, 15) is 22.1 Å². The lowest BCUT2D eigenvalue weighted by atomic mass is 10.2. The maximum atomic E-state index is 10.9. The molecule has 1 aromatic carbocycles. The molecule has 0 fully saturated rings. The average molecular weight is 222 g/mol. The Balaban J connectivity index is 0.000000336. The van der Waals surface area contributed by atoms with Gasteiger partial charge in [0.1, 0.15) is 0 Å². The zero-order valence-corrected chi connectivity index (χ0v) is 7.88. The summed E-state index contributed by atoms with van der Waals surface area (Å²) >= 11 is 0. The molecular weight excluding hydrogens is 213 g/mol. The van der Waals surface area contributed by atoms with Crippen molar-refractivity contribution in [1.29, 1.82) is 0 Å². The number of nitrogens with one attached hydrogen (secondary N) is 1. The molecule has 0 bridgehead atoms. The summed E-state index contributed by atoms with van der Waals surface area (Å²) in [6.45, 7) is 0. The van der Waals surface area contributed by atoms with Gasteiger partial charge in [-0.05, 0) is 12.1 Å². The highest BCUT2D eigenvalue weighted by Gasteiger charge is 2.20. The SMILES string of the molecule is CNC(=O)c1ccccc1.F[B-](F)(F)F. The van der Waals surface area contributed by atoms with Crippen LogP contribution in [-0.4, -0.2) is 20.2 Å². The van der Waals surface area contributed by atoms with E-state index in [1.807, 2.05) is 18.2 Å². The molecule has 7 heteroatoms. The molecule has 1 aromatic rings. The van der Waals surface area contributed by atoms with E-state index < -0.39 is 7.25 Å². The maximum Gasteiger partial charge on any atom is 0.673 e. The molecule has 0 atom stereocenters. The van der Waals surface area contributed by atoms with E-state index in [2.05, 4.69) is 5.32 Å². The summed E-state index contributed by atoms with van der Waals surface area (Å²) in [4.78, 5) is 10.9. The molecule has 0 aromatic heterocycles. The van der Waals surface area contributed by atoms with Crippen molar-refractivity contribution in [2.45, 2.75) is 0 Å². The lowest BCUT2D eigenvalue weighted by Crippen LogP contribution is -2.17. The van der Waals surface area contributed by atoms with Gasteiger partial charge >= 0.3 is 7.25 Å². The Morgan fingerprint density at radius 3 is 1.87 bits per heavy atom. The molecule has 2 nitrogen and oxygen atoms in total. The van der Waals surface area contributed by atoms with E-state index in [4.69, 9.17) is 0 Å². The van der Waals surface area contributed by atoms with Crippen LogP contribution in [0.5, 0.6) is 0 Å². The van der Waals surface area contributed by atoms with Gasteiger partial charge in [-0.3, -0.25) is 4.79 Å². The monoisotopic (exact) mass is 222 g/mol. The number of carbonyl (C=O) groups is 1. The largest absolute Gasteiger partial charge is 0.673 e. The first kappa shape index (κ1) is 13.5. The third-order valence-electron chi connectivity index (χ3n) is 1.26.